The van der Waals surface area contributed by atoms with E-state index < -0.39 is 60.8 Å². The highest BCUT2D eigenvalue weighted by molar-refractivity contribution is 7.96. The molecule has 2 unspecified atom stereocenters. The average molecular weight is 1040 g/mol. The topological polar surface area (TPSA) is 85.3 Å². The molecule has 2 atom stereocenters. The summed E-state index contributed by atoms with van der Waals surface area (Å²) in [6.07, 6.45) is -5.72. The van der Waals surface area contributed by atoms with Gasteiger partial charge < -0.3 is 4.57 Å². The van der Waals surface area contributed by atoms with E-state index in [-0.39, 0.29) is 61.6 Å². The number of halogens is 9. The second-order valence-corrected chi connectivity index (χ2v) is 26.5. The van der Waals surface area contributed by atoms with E-state index in [4.69, 9.17) is 34.8 Å². The van der Waals surface area contributed by atoms with Crippen molar-refractivity contribution in [3.05, 3.63) is 136 Å². The Bertz CT molecular complexity index is 2580. The van der Waals surface area contributed by atoms with Gasteiger partial charge in [0.2, 0.25) is 18.2 Å². The van der Waals surface area contributed by atoms with Crippen molar-refractivity contribution in [2.75, 3.05) is 0 Å². The van der Waals surface area contributed by atoms with Gasteiger partial charge in [-0.05, 0) is 128 Å². The van der Waals surface area contributed by atoms with E-state index in [1.165, 1.54) is 17.7 Å². The Balaban J connectivity index is 0.000000258. The summed E-state index contributed by atoms with van der Waals surface area (Å²) in [5.74, 6) is 0. The maximum Gasteiger partial charge on any atom is 0.417 e. The van der Waals surface area contributed by atoms with Crippen LogP contribution < -0.4 is 0 Å². The quantitative estimate of drug-likeness (QED) is 0.117. The van der Waals surface area contributed by atoms with Crippen molar-refractivity contribution in [1.82, 2.24) is 0 Å². The lowest BCUT2D eigenvalue weighted by atomic mass is 9.84. The van der Waals surface area contributed by atoms with E-state index in [1.54, 1.807) is 26.0 Å². The molecule has 0 N–H and O–H groups in total. The molecule has 4 aromatic carbocycles. The number of benzene rings is 4. The molecule has 0 saturated heterocycles. The zero-order chi connectivity index (χ0) is 51.2. The van der Waals surface area contributed by atoms with Gasteiger partial charge >= 0.3 is 12.4 Å². The predicted molar refractivity (Wildman–Crippen MR) is 264 cm³/mol. The number of carbonyl (C=O) groups excluding carboxylic acids is 4. The molecule has 0 radical (unpaired) electrons. The van der Waals surface area contributed by atoms with E-state index >= 15 is 0 Å². The van der Waals surface area contributed by atoms with Crippen LogP contribution in [-0.2, 0) is 27.7 Å². The molecule has 2 aliphatic carbocycles. The molecule has 0 bridgehead atoms. The molecular formula is C52H57Cl3F6O5P2. The molecule has 0 aliphatic heterocycles. The molecule has 68 heavy (non-hydrogen) atoms. The van der Waals surface area contributed by atoms with E-state index in [0.717, 1.165) is 42.4 Å². The number of hydrogen-bond acceptors (Lipinski definition) is 5. The minimum absolute atomic E-state index is 0.0204. The van der Waals surface area contributed by atoms with Crippen LogP contribution in [-0.4, -0.2) is 33.4 Å². The van der Waals surface area contributed by atoms with E-state index in [2.05, 4.69) is 32.9 Å². The van der Waals surface area contributed by atoms with E-state index in [1.807, 2.05) is 34.6 Å². The van der Waals surface area contributed by atoms with Gasteiger partial charge in [0, 0.05) is 29.7 Å². The summed E-state index contributed by atoms with van der Waals surface area (Å²) in [5, 5.41) is 0.780. The lowest BCUT2D eigenvalue weighted by Gasteiger charge is -2.27. The van der Waals surface area contributed by atoms with Crippen molar-refractivity contribution >= 4 is 72.0 Å². The van der Waals surface area contributed by atoms with Crippen molar-refractivity contribution in [3.63, 3.8) is 0 Å². The first kappa shape index (κ1) is 55.6. The molecular weight excluding hydrogens is 987 g/mol. The summed E-state index contributed by atoms with van der Waals surface area (Å²) in [4.78, 5) is 55.4. The smallest absolute Gasteiger partial charge is 0.306 e. The van der Waals surface area contributed by atoms with Crippen LogP contribution in [0.4, 0.5) is 26.3 Å². The number of hydrogen-bond donors (Lipinski definition) is 0. The number of carbonyl (C=O) groups is 4. The minimum Gasteiger partial charge on any atom is -0.306 e. The lowest BCUT2D eigenvalue weighted by Crippen LogP contribution is -2.26. The van der Waals surface area contributed by atoms with Gasteiger partial charge in [0.1, 0.15) is 0 Å². The molecule has 2 saturated carbocycles. The molecule has 16 heteroatoms. The Kier molecular flexibility index (Phi) is 17.0. The highest BCUT2D eigenvalue weighted by Gasteiger charge is 2.54. The first-order valence-electron chi connectivity index (χ1n) is 22.5. The summed E-state index contributed by atoms with van der Waals surface area (Å²) in [6.45, 7) is 19.3. The first-order chi connectivity index (χ1) is 31.2. The predicted octanol–water partition coefficient (Wildman–Crippen LogP) is 17.9. The van der Waals surface area contributed by atoms with Crippen LogP contribution in [0.25, 0.3) is 0 Å². The van der Waals surface area contributed by atoms with Gasteiger partial charge in [0.05, 0.1) is 32.3 Å². The Morgan fingerprint density at radius 3 is 1.28 bits per heavy atom. The molecule has 5 nitrogen and oxygen atoms in total. The highest BCUT2D eigenvalue weighted by atomic mass is 35.5. The minimum atomic E-state index is -5.34. The third kappa shape index (κ3) is 11.7. The van der Waals surface area contributed by atoms with Crippen molar-refractivity contribution in [2.24, 2.45) is 0 Å². The maximum atomic E-state index is 14.5. The summed E-state index contributed by atoms with van der Waals surface area (Å²) in [5.41, 5.74) is -4.84. The van der Waals surface area contributed by atoms with Crippen LogP contribution in [0.5, 0.6) is 0 Å². The van der Waals surface area contributed by atoms with Gasteiger partial charge in [-0.15, -0.1) is 0 Å². The van der Waals surface area contributed by atoms with Crippen LogP contribution in [0, 0.1) is 27.7 Å². The van der Waals surface area contributed by atoms with Crippen molar-refractivity contribution in [1.29, 1.82) is 0 Å². The molecule has 0 amide bonds. The fourth-order valence-corrected chi connectivity index (χ4v) is 16.4. The second-order valence-electron chi connectivity index (χ2n) is 20.1. The first-order valence-corrected chi connectivity index (χ1v) is 26.8. The summed E-state index contributed by atoms with van der Waals surface area (Å²) < 4.78 is 97.7. The van der Waals surface area contributed by atoms with Gasteiger partial charge in [-0.3, -0.25) is 19.2 Å². The van der Waals surface area contributed by atoms with Gasteiger partial charge in [-0.25, -0.2) is 0 Å². The third-order valence-electron chi connectivity index (χ3n) is 12.9. The number of aryl methyl sites for hydroxylation is 4. The molecule has 6 rings (SSSR count). The van der Waals surface area contributed by atoms with Crippen molar-refractivity contribution < 1.29 is 50.1 Å². The fraction of sp³-hybridized carbons (Fsp3) is 0.462. The molecule has 0 aromatic heterocycles. The van der Waals surface area contributed by atoms with Gasteiger partial charge in [-0.1, -0.05) is 132 Å². The maximum absolute atomic E-state index is 14.5. The largest absolute Gasteiger partial charge is 0.417 e. The molecule has 4 aromatic rings. The summed E-state index contributed by atoms with van der Waals surface area (Å²) in [7, 11) is -6.61. The van der Waals surface area contributed by atoms with Gasteiger partial charge in [0.25, 0.3) is 0 Å². The molecule has 2 fully saturated rings. The zero-order valence-electron chi connectivity index (χ0n) is 39.8. The third-order valence-corrected chi connectivity index (χ3v) is 19.5. The van der Waals surface area contributed by atoms with Crippen LogP contribution in [0.1, 0.15) is 179 Å². The SMILES string of the molecule is Cc1cc(C(C)(C)C)cc(C)c1C(=O)P(=O)(C(=O)c1c(C(F)(F)F)cccc1C(F)(F)F)C1CCCC1.Cc1cc(C(C)(C)C)cc(C)c1C(=O)P(C(=O)c1c(Cl)cc(Cl)cc1Cl)C1CCCC1. The fourth-order valence-electron chi connectivity index (χ4n) is 9.32. The Morgan fingerprint density at radius 2 is 0.897 bits per heavy atom. The van der Waals surface area contributed by atoms with Crippen molar-refractivity contribution in [3.8, 4) is 0 Å². The Morgan fingerprint density at radius 1 is 0.544 bits per heavy atom. The van der Waals surface area contributed by atoms with E-state index in [9.17, 15) is 50.1 Å². The van der Waals surface area contributed by atoms with Crippen LogP contribution in [0.3, 0.4) is 0 Å². The summed E-state index contributed by atoms with van der Waals surface area (Å²) >= 11 is 18.8. The average Bonchev–Trinajstić information content (AvgIpc) is 3.94. The van der Waals surface area contributed by atoms with Gasteiger partial charge in [0.15, 0.2) is 11.0 Å². The molecule has 368 valence electrons. The second kappa shape index (κ2) is 20.8. The zero-order valence-corrected chi connectivity index (χ0v) is 43.9. The lowest BCUT2D eigenvalue weighted by molar-refractivity contribution is -0.143. The Hall–Kier alpha value is -3.33. The molecule has 0 spiro atoms. The summed E-state index contributed by atoms with van der Waals surface area (Å²) in [6, 6.07) is 11.8. The molecule has 0 heterocycles. The number of alkyl halides is 6. The molecule has 2 aliphatic rings. The van der Waals surface area contributed by atoms with Gasteiger partial charge in [-0.2, -0.15) is 26.3 Å². The normalized spacial score (nSPS) is 16.5. The van der Waals surface area contributed by atoms with Crippen LogP contribution in [0.15, 0.2) is 54.6 Å². The standard InChI is InChI=1S/C27H29F6O3P.C25H28Cl3O2P/c1-15-13-17(25(3,4)5)14-16(2)21(15)23(34)37(36,18-9-6-7-10-18)24(35)22-19(26(28,29)30)11-8-12-20(22)27(31,32)33;1-14-10-16(25(3,4)5)11-15(2)21(14)23(29)31(18-8-6-7-9-18)24(30)22-19(27)12-17(26)13-20(22)28/h8,11-14,18H,6-7,9-10H2,1-5H3;10-13,18H,6-9H2,1-5H3. The monoisotopic (exact) mass is 1040 g/mol. The van der Waals surface area contributed by atoms with E-state index in [0.29, 0.717) is 52.8 Å². The number of rotatable bonds is 10. The Labute approximate surface area is 411 Å². The van der Waals surface area contributed by atoms with Crippen LogP contribution in [0.2, 0.25) is 15.1 Å². The highest BCUT2D eigenvalue weighted by Crippen LogP contribution is 2.63. The van der Waals surface area contributed by atoms with Crippen molar-refractivity contribution in [2.45, 2.75) is 155 Å². The van der Waals surface area contributed by atoms with Crippen LogP contribution >= 0.6 is 49.9 Å².